The Hall–Kier alpha value is -5.78. The summed E-state index contributed by atoms with van der Waals surface area (Å²) >= 11 is 0. The van der Waals surface area contributed by atoms with Crippen molar-refractivity contribution < 1.29 is 36.0 Å². The molecule has 0 saturated carbocycles. The maximum atomic E-state index is 14.6. The second-order valence-corrected chi connectivity index (χ2v) is 13.1. The Morgan fingerprint density at radius 3 is 2.08 bits per heavy atom. The lowest BCUT2D eigenvalue weighted by atomic mass is 9.92. The number of nitrogens with zero attached hydrogens (tertiary/aromatic N) is 1. The molecule has 1 aliphatic heterocycles. The van der Waals surface area contributed by atoms with Crippen LogP contribution in [0.3, 0.4) is 0 Å². The predicted octanol–water partition coefficient (Wildman–Crippen LogP) is 8.99. The normalized spacial score (nSPS) is 12.0. The van der Waals surface area contributed by atoms with Crippen LogP contribution in [-0.2, 0) is 10.1 Å². The van der Waals surface area contributed by atoms with E-state index in [1.54, 1.807) is 25.3 Å². The highest BCUT2D eigenvalue weighted by Crippen LogP contribution is 2.44. The van der Waals surface area contributed by atoms with Gasteiger partial charge in [-0.25, -0.2) is 8.78 Å². The monoisotopic (exact) mass is 709 g/mol. The van der Waals surface area contributed by atoms with Crippen molar-refractivity contribution in [2.24, 2.45) is 0 Å². The molecule has 0 fully saturated rings. The van der Waals surface area contributed by atoms with Crippen LogP contribution in [0.5, 0.6) is 11.5 Å². The molecule has 51 heavy (non-hydrogen) atoms. The summed E-state index contributed by atoms with van der Waals surface area (Å²) in [4.78, 5) is 13.8. The standard InChI is InChI=1S/C40H33F2NO7S/c1-4-43(5-2)28-16-15-27(36(19-28)49-3)14-12-25-8-6-24(7-9-25)10-11-26-13-17-29(39(18-26)51(46,47)48)40-30-20-32(41)34(44)22-37(30)50-38-23-35(45)33(42)21-31(38)40/h6-23,44H,4-5H2,1-3H3,(H,46,47,48)/b11-10+,14-12+. The molecule has 0 radical (unpaired) electrons. The van der Waals surface area contributed by atoms with Crippen LogP contribution in [0, 0.1) is 11.6 Å². The van der Waals surface area contributed by atoms with Gasteiger partial charge in [-0.2, -0.15) is 8.42 Å². The zero-order valence-corrected chi connectivity index (χ0v) is 28.7. The van der Waals surface area contributed by atoms with E-state index in [9.17, 15) is 31.7 Å². The van der Waals surface area contributed by atoms with E-state index in [1.807, 2.05) is 48.6 Å². The lowest BCUT2D eigenvalue weighted by Crippen LogP contribution is -2.21. The lowest BCUT2D eigenvalue weighted by molar-refractivity contribution is 0.414. The average Bonchev–Trinajstić information content (AvgIpc) is 3.11. The Labute approximate surface area is 293 Å². The molecule has 1 aliphatic carbocycles. The van der Waals surface area contributed by atoms with E-state index in [0.717, 1.165) is 65.5 Å². The van der Waals surface area contributed by atoms with Gasteiger partial charge in [0.25, 0.3) is 10.1 Å². The van der Waals surface area contributed by atoms with Gasteiger partial charge >= 0.3 is 0 Å². The predicted molar refractivity (Wildman–Crippen MR) is 197 cm³/mol. The molecule has 0 unspecified atom stereocenters. The molecular formula is C40H33F2NO7S. The van der Waals surface area contributed by atoms with Gasteiger partial charge in [0.15, 0.2) is 17.4 Å². The summed E-state index contributed by atoms with van der Waals surface area (Å²) in [5.41, 5.74) is 2.95. The van der Waals surface area contributed by atoms with Crippen LogP contribution in [-0.4, -0.2) is 38.3 Å². The van der Waals surface area contributed by atoms with Crippen LogP contribution in [0.15, 0.2) is 99.0 Å². The molecule has 4 aromatic carbocycles. The minimum Gasteiger partial charge on any atom is -0.505 e. The highest BCUT2D eigenvalue weighted by Gasteiger charge is 2.26. The molecule has 0 amide bonds. The van der Waals surface area contributed by atoms with Crippen molar-refractivity contribution >= 4 is 51.1 Å². The van der Waals surface area contributed by atoms with Crippen LogP contribution < -0.4 is 15.1 Å². The number of benzene rings is 5. The molecule has 0 bridgehead atoms. The SMILES string of the molecule is CCN(CC)c1ccc(/C=C/c2ccc(/C=C/c3ccc(-c4c5cc(F)c(=O)cc-5oc5cc(O)c(F)cc45)c(S(=O)(=O)O)c3)cc2)c(OC)c1. The molecule has 260 valence electrons. The second kappa shape index (κ2) is 14.2. The number of hydrogen-bond acceptors (Lipinski definition) is 7. The van der Waals surface area contributed by atoms with E-state index in [1.165, 1.54) is 12.1 Å². The van der Waals surface area contributed by atoms with Crippen molar-refractivity contribution in [3.05, 3.63) is 129 Å². The van der Waals surface area contributed by atoms with Gasteiger partial charge in [-0.1, -0.05) is 60.7 Å². The van der Waals surface area contributed by atoms with Crippen LogP contribution in [0.1, 0.15) is 36.1 Å². The molecule has 0 atom stereocenters. The van der Waals surface area contributed by atoms with Crippen LogP contribution >= 0.6 is 0 Å². The van der Waals surface area contributed by atoms with E-state index >= 15 is 0 Å². The number of halogens is 2. The Morgan fingerprint density at radius 1 is 0.784 bits per heavy atom. The molecule has 8 nitrogen and oxygen atoms in total. The Morgan fingerprint density at radius 2 is 1.43 bits per heavy atom. The third kappa shape index (κ3) is 7.26. The minimum absolute atomic E-state index is 0.0201. The summed E-state index contributed by atoms with van der Waals surface area (Å²) in [6.45, 7) is 6.00. The fraction of sp³-hybridized carbons (Fsp3) is 0.125. The highest BCUT2D eigenvalue weighted by atomic mass is 32.2. The smallest absolute Gasteiger partial charge is 0.295 e. The van der Waals surface area contributed by atoms with E-state index in [4.69, 9.17) is 9.15 Å². The van der Waals surface area contributed by atoms with Gasteiger partial charge in [0.05, 0.1) is 7.11 Å². The Balaban J connectivity index is 1.32. The molecule has 2 aliphatic rings. The quantitative estimate of drug-likeness (QED) is 0.0823. The average molecular weight is 710 g/mol. The van der Waals surface area contributed by atoms with Crippen molar-refractivity contribution in [2.75, 3.05) is 25.1 Å². The number of hydrogen-bond donors (Lipinski definition) is 2. The first-order chi connectivity index (χ1) is 24.4. The van der Waals surface area contributed by atoms with Crippen molar-refractivity contribution in [1.29, 1.82) is 0 Å². The van der Waals surface area contributed by atoms with Gasteiger partial charge in [-0.15, -0.1) is 0 Å². The fourth-order valence-electron chi connectivity index (χ4n) is 5.97. The first-order valence-electron chi connectivity index (χ1n) is 16.0. The number of methoxy groups -OCH3 is 1. The first-order valence-corrected chi connectivity index (χ1v) is 17.4. The number of fused-ring (bicyclic) bond motifs is 2. The largest absolute Gasteiger partial charge is 0.505 e. The van der Waals surface area contributed by atoms with Crippen molar-refractivity contribution in [3.63, 3.8) is 0 Å². The van der Waals surface area contributed by atoms with Gasteiger partial charge < -0.3 is 19.2 Å². The number of aromatic hydroxyl groups is 1. The van der Waals surface area contributed by atoms with Crippen molar-refractivity contribution in [2.45, 2.75) is 18.7 Å². The summed E-state index contributed by atoms with van der Waals surface area (Å²) in [5.74, 6) is -2.30. The molecular weight excluding hydrogens is 677 g/mol. The molecule has 4 aromatic rings. The van der Waals surface area contributed by atoms with Gasteiger partial charge in [-0.3, -0.25) is 9.35 Å². The molecule has 6 rings (SSSR count). The Bertz CT molecular complexity index is 2470. The molecule has 0 spiro atoms. The molecule has 0 saturated heterocycles. The van der Waals surface area contributed by atoms with E-state index in [0.29, 0.717) is 5.56 Å². The number of ether oxygens (including phenoxy) is 1. The molecule has 1 heterocycles. The maximum absolute atomic E-state index is 14.6. The number of rotatable bonds is 10. The first kappa shape index (κ1) is 35.1. The zero-order chi connectivity index (χ0) is 36.4. The summed E-state index contributed by atoms with van der Waals surface area (Å²) < 4.78 is 76.2. The van der Waals surface area contributed by atoms with Gasteiger partial charge in [-0.05, 0) is 60.9 Å². The number of anilines is 1. The van der Waals surface area contributed by atoms with Gasteiger partial charge in [0.2, 0.25) is 5.43 Å². The van der Waals surface area contributed by atoms with E-state index < -0.39 is 37.8 Å². The maximum Gasteiger partial charge on any atom is 0.295 e. The van der Waals surface area contributed by atoms with Crippen LogP contribution in [0.2, 0.25) is 0 Å². The van der Waals surface area contributed by atoms with Crippen LogP contribution in [0.25, 0.3) is 57.7 Å². The summed E-state index contributed by atoms with van der Waals surface area (Å²) in [6.07, 6.45) is 7.37. The van der Waals surface area contributed by atoms with Gasteiger partial charge in [0, 0.05) is 64.6 Å². The van der Waals surface area contributed by atoms with E-state index in [-0.39, 0.29) is 33.4 Å². The topological polar surface area (TPSA) is 117 Å². The highest BCUT2D eigenvalue weighted by molar-refractivity contribution is 7.86. The summed E-state index contributed by atoms with van der Waals surface area (Å²) in [6, 6.07) is 21.6. The third-order valence-electron chi connectivity index (χ3n) is 8.60. The zero-order valence-electron chi connectivity index (χ0n) is 27.9. The molecule has 0 aromatic heterocycles. The van der Waals surface area contributed by atoms with Crippen molar-refractivity contribution in [3.8, 4) is 33.9 Å². The third-order valence-corrected chi connectivity index (χ3v) is 9.49. The lowest BCUT2D eigenvalue weighted by Gasteiger charge is -2.22. The fourth-order valence-corrected chi connectivity index (χ4v) is 6.71. The summed E-state index contributed by atoms with van der Waals surface area (Å²) in [5, 5.41) is 9.94. The second-order valence-electron chi connectivity index (χ2n) is 11.7. The number of phenolic OH excluding ortho intramolecular Hbond substituents is 1. The van der Waals surface area contributed by atoms with Crippen LogP contribution in [0.4, 0.5) is 14.5 Å². The molecule has 2 N–H and O–H groups in total. The Kier molecular flexibility index (Phi) is 9.77. The minimum atomic E-state index is -4.89. The van der Waals surface area contributed by atoms with Gasteiger partial charge in [0.1, 0.15) is 22.0 Å². The van der Waals surface area contributed by atoms with E-state index in [2.05, 4.69) is 24.8 Å². The number of phenols is 1. The summed E-state index contributed by atoms with van der Waals surface area (Å²) in [7, 11) is -3.25. The van der Waals surface area contributed by atoms with Crippen molar-refractivity contribution in [1.82, 2.24) is 0 Å². The molecule has 11 heteroatoms.